The van der Waals surface area contributed by atoms with Gasteiger partial charge in [0, 0.05) is 23.8 Å². The quantitative estimate of drug-likeness (QED) is 0.909. The second kappa shape index (κ2) is 6.92. The van der Waals surface area contributed by atoms with Crippen LogP contribution in [-0.2, 0) is 11.2 Å². The molecular formula is C16H18N4O2S. The van der Waals surface area contributed by atoms with E-state index < -0.39 is 5.54 Å². The minimum absolute atomic E-state index is 0.135. The van der Waals surface area contributed by atoms with Crippen molar-refractivity contribution in [1.82, 2.24) is 15.5 Å². The van der Waals surface area contributed by atoms with Crippen LogP contribution in [0.25, 0.3) is 11.4 Å². The van der Waals surface area contributed by atoms with E-state index in [1.54, 1.807) is 11.3 Å². The molecule has 2 heterocycles. The summed E-state index contributed by atoms with van der Waals surface area (Å²) < 4.78 is 5.18. The zero-order chi connectivity index (χ0) is 16.1. The maximum atomic E-state index is 12.1. The third kappa shape index (κ3) is 3.77. The van der Waals surface area contributed by atoms with Crippen molar-refractivity contribution in [2.75, 3.05) is 0 Å². The van der Waals surface area contributed by atoms with E-state index in [2.05, 4.69) is 21.5 Å². The van der Waals surface area contributed by atoms with Crippen molar-refractivity contribution in [2.45, 2.75) is 50.5 Å². The summed E-state index contributed by atoms with van der Waals surface area (Å²) in [5.41, 5.74) is 0.228. The molecule has 1 amide bonds. The molecule has 0 unspecified atom stereocenters. The van der Waals surface area contributed by atoms with Crippen LogP contribution in [0.4, 0.5) is 0 Å². The van der Waals surface area contributed by atoms with E-state index in [1.807, 2.05) is 16.8 Å². The molecule has 1 N–H and O–H groups in total. The van der Waals surface area contributed by atoms with Crippen molar-refractivity contribution in [3.05, 3.63) is 22.7 Å². The summed E-state index contributed by atoms with van der Waals surface area (Å²) >= 11 is 1.57. The van der Waals surface area contributed by atoms with Gasteiger partial charge in [-0.2, -0.15) is 21.6 Å². The van der Waals surface area contributed by atoms with Gasteiger partial charge in [-0.3, -0.25) is 4.79 Å². The Morgan fingerprint density at radius 2 is 2.26 bits per heavy atom. The highest BCUT2D eigenvalue weighted by atomic mass is 32.1. The lowest BCUT2D eigenvalue weighted by Crippen LogP contribution is -2.48. The highest BCUT2D eigenvalue weighted by Crippen LogP contribution is 2.27. The molecule has 0 bridgehead atoms. The number of thiophene rings is 1. The van der Waals surface area contributed by atoms with Crippen molar-refractivity contribution >= 4 is 17.2 Å². The highest BCUT2D eigenvalue weighted by molar-refractivity contribution is 7.08. The summed E-state index contributed by atoms with van der Waals surface area (Å²) in [5.74, 6) is 0.849. The van der Waals surface area contributed by atoms with Crippen LogP contribution in [0.3, 0.4) is 0 Å². The number of aromatic nitrogens is 2. The molecule has 0 spiro atoms. The molecule has 1 aliphatic carbocycles. The molecule has 1 saturated carbocycles. The molecule has 0 aromatic carbocycles. The Labute approximate surface area is 138 Å². The van der Waals surface area contributed by atoms with Crippen LogP contribution >= 0.6 is 11.3 Å². The number of nitrogens with one attached hydrogen (secondary N) is 1. The molecule has 7 heteroatoms. The largest absolute Gasteiger partial charge is 0.339 e. The zero-order valence-corrected chi connectivity index (χ0v) is 13.6. The zero-order valence-electron chi connectivity index (χ0n) is 12.7. The number of carbonyl (C=O) groups excluding carboxylic acids is 1. The number of rotatable bonds is 5. The van der Waals surface area contributed by atoms with Gasteiger partial charge in [-0.25, -0.2) is 0 Å². The normalized spacial score (nSPS) is 16.7. The van der Waals surface area contributed by atoms with Crippen LogP contribution < -0.4 is 5.32 Å². The van der Waals surface area contributed by atoms with E-state index in [0.29, 0.717) is 18.1 Å². The number of amides is 1. The molecule has 0 atom stereocenters. The Kier molecular flexibility index (Phi) is 4.72. The van der Waals surface area contributed by atoms with Crippen LogP contribution in [-0.4, -0.2) is 21.6 Å². The van der Waals surface area contributed by atoms with Crippen LogP contribution in [0.5, 0.6) is 0 Å². The molecule has 6 nitrogen and oxygen atoms in total. The average molecular weight is 330 g/mol. The van der Waals surface area contributed by atoms with Gasteiger partial charge in [0.1, 0.15) is 5.54 Å². The number of hydrogen-bond donors (Lipinski definition) is 1. The summed E-state index contributed by atoms with van der Waals surface area (Å²) in [4.78, 5) is 16.4. The van der Waals surface area contributed by atoms with E-state index in [9.17, 15) is 10.1 Å². The van der Waals surface area contributed by atoms with Gasteiger partial charge in [-0.15, -0.1) is 0 Å². The SMILES string of the molecule is N#CC1(NC(=O)CCc2nc(-c3ccsc3)no2)CCCCC1. The second-order valence-electron chi connectivity index (χ2n) is 5.83. The number of aryl methyl sites for hydroxylation is 1. The fourth-order valence-corrected chi connectivity index (χ4v) is 3.47. The number of nitriles is 1. The van der Waals surface area contributed by atoms with Crippen molar-refractivity contribution in [2.24, 2.45) is 0 Å². The summed E-state index contributed by atoms with van der Waals surface area (Å²) in [6, 6.07) is 4.21. The molecule has 0 radical (unpaired) electrons. The van der Waals surface area contributed by atoms with Gasteiger partial charge >= 0.3 is 0 Å². The Morgan fingerprint density at radius 3 is 2.96 bits per heavy atom. The van der Waals surface area contributed by atoms with Crippen LogP contribution in [0.2, 0.25) is 0 Å². The number of nitrogens with zero attached hydrogens (tertiary/aromatic N) is 3. The van der Waals surface area contributed by atoms with Gasteiger partial charge in [0.05, 0.1) is 6.07 Å². The van der Waals surface area contributed by atoms with Crippen molar-refractivity contribution in [1.29, 1.82) is 5.26 Å². The predicted octanol–water partition coefficient (Wildman–Crippen LogP) is 3.07. The molecule has 120 valence electrons. The highest BCUT2D eigenvalue weighted by Gasteiger charge is 2.33. The summed E-state index contributed by atoms with van der Waals surface area (Å²) in [7, 11) is 0. The molecule has 1 aliphatic rings. The first-order valence-electron chi connectivity index (χ1n) is 7.78. The molecule has 3 rings (SSSR count). The minimum atomic E-state index is -0.688. The summed E-state index contributed by atoms with van der Waals surface area (Å²) in [5, 5.41) is 20.1. The topological polar surface area (TPSA) is 91.8 Å². The molecular weight excluding hydrogens is 312 g/mol. The molecule has 0 aliphatic heterocycles. The molecule has 2 aromatic rings. The third-order valence-electron chi connectivity index (χ3n) is 4.11. The van der Waals surface area contributed by atoms with Crippen LogP contribution in [0.1, 0.15) is 44.4 Å². The Morgan fingerprint density at radius 1 is 1.43 bits per heavy atom. The van der Waals surface area contributed by atoms with Crippen molar-refractivity contribution in [3.63, 3.8) is 0 Å². The lowest BCUT2D eigenvalue weighted by Gasteiger charge is -2.31. The van der Waals surface area contributed by atoms with E-state index in [1.165, 1.54) is 0 Å². The fraction of sp³-hybridized carbons (Fsp3) is 0.500. The first-order valence-corrected chi connectivity index (χ1v) is 8.72. The summed E-state index contributed by atoms with van der Waals surface area (Å²) in [6.45, 7) is 0. The Hall–Kier alpha value is -2.20. The average Bonchev–Trinajstić information content (AvgIpc) is 3.25. The van der Waals surface area contributed by atoms with E-state index >= 15 is 0 Å². The predicted molar refractivity (Wildman–Crippen MR) is 85.5 cm³/mol. The first kappa shape index (κ1) is 15.7. The maximum Gasteiger partial charge on any atom is 0.227 e. The Balaban J connectivity index is 1.54. The lowest BCUT2D eigenvalue weighted by molar-refractivity contribution is -0.122. The van der Waals surface area contributed by atoms with Gasteiger partial charge in [0.25, 0.3) is 0 Å². The van der Waals surface area contributed by atoms with E-state index in [0.717, 1.165) is 37.7 Å². The van der Waals surface area contributed by atoms with E-state index in [-0.39, 0.29) is 12.3 Å². The van der Waals surface area contributed by atoms with Crippen LogP contribution in [0, 0.1) is 11.3 Å². The first-order chi connectivity index (χ1) is 11.2. The monoisotopic (exact) mass is 330 g/mol. The minimum Gasteiger partial charge on any atom is -0.339 e. The van der Waals surface area contributed by atoms with Crippen molar-refractivity contribution in [3.8, 4) is 17.5 Å². The lowest BCUT2D eigenvalue weighted by atomic mass is 9.83. The second-order valence-corrected chi connectivity index (χ2v) is 6.61. The maximum absolute atomic E-state index is 12.1. The van der Waals surface area contributed by atoms with Gasteiger partial charge in [0.2, 0.25) is 17.6 Å². The number of hydrogen-bond acceptors (Lipinski definition) is 6. The fourth-order valence-electron chi connectivity index (χ4n) is 2.84. The van der Waals surface area contributed by atoms with Gasteiger partial charge in [-0.1, -0.05) is 24.4 Å². The van der Waals surface area contributed by atoms with Gasteiger partial charge in [0.15, 0.2) is 0 Å². The number of carbonyl (C=O) groups is 1. The van der Waals surface area contributed by atoms with Gasteiger partial charge in [-0.05, 0) is 24.3 Å². The molecule has 2 aromatic heterocycles. The van der Waals surface area contributed by atoms with Crippen molar-refractivity contribution < 1.29 is 9.32 Å². The third-order valence-corrected chi connectivity index (χ3v) is 4.80. The van der Waals surface area contributed by atoms with E-state index in [4.69, 9.17) is 4.52 Å². The molecule has 1 fully saturated rings. The Bertz CT molecular complexity index is 696. The van der Waals surface area contributed by atoms with Gasteiger partial charge < -0.3 is 9.84 Å². The standard InChI is InChI=1S/C16H18N4O2S/c17-11-16(7-2-1-3-8-16)19-13(21)4-5-14-18-15(20-22-14)12-6-9-23-10-12/h6,9-10H,1-5,7-8H2,(H,19,21). The van der Waals surface area contributed by atoms with Crippen LogP contribution in [0.15, 0.2) is 21.3 Å². The summed E-state index contributed by atoms with van der Waals surface area (Å²) in [6.07, 6.45) is 5.20. The molecule has 0 saturated heterocycles. The smallest absolute Gasteiger partial charge is 0.227 e. The molecule has 23 heavy (non-hydrogen) atoms.